The smallest absolute Gasteiger partial charge is 0.261 e. The van der Waals surface area contributed by atoms with Crippen molar-refractivity contribution in [2.45, 2.75) is 4.90 Å². The average Bonchev–Trinajstić information content (AvgIpc) is 2.67. The molecule has 0 atom stereocenters. The molecule has 2 N–H and O–H groups in total. The fraction of sp³-hybridized carbons (Fsp3) is 0. The molecule has 0 aliphatic heterocycles. The number of nitrogens with one attached hydrogen (secondary N) is 2. The molecule has 3 aromatic carbocycles. The van der Waals surface area contributed by atoms with Crippen molar-refractivity contribution < 1.29 is 13.2 Å². The van der Waals surface area contributed by atoms with E-state index in [2.05, 4.69) is 10.0 Å². The summed E-state index contributed by atoms with van der Waals surface area (Å²) in [6.07, 6.45) is 3.02. The zero-order chi connectivity index (χ0) is 21.7. The third-order valence-electron chi connectivity index (χ3n) is 3.84. The van der Waals surface area contributed by atoms with Crippen LogP contribution in [0.4, 0.5) is 11.4 Å². The standard InChI is InChI=1S/C21H15Cl3N2O3S/c22-15-4-1-14(2-5-15)3-10-21(27)25-18-6-8-20(9-7-18)30(28,29)26-19-12-16(23)11-17(24)13-19/h1-13,26H,(H,25,27)/b10-3+. The molecule has 0 unspecified atom stereocenters. The average molecular weight is 482 g/mol. The minimum Gasteiger partial charge on any atom is -0.323 e. The molecule has 154 valence electrons. The molecule has 0 aromatic heterocycles. The predicted octanol–water partition coefficient (Wildman–Crippen LogP) is 6.10. The Kier molecular flexibility index (Phi) is 7.05. The summed E-state index contributed by atoms with van der Waals surface area (Å²) in [5, 5.41) is 3.90. The maximum atomic E-state index is 12.5. The van der Waals surface area contributed by atoms with Crippen LogP contribution in [0.15, 0.2) is 77.7 Å². The van der Waals surface area contributed by atoms with E-state index in [1.54, 1.807) is 30.3 Å². The molecule has 9 heteroatoms. The van der Waals surface area contributed by atoms with E-state index in [4.69, 9.17) is 34.8 Å². The van der Waals surface area contributed by atoms with Gasteiger partial charge in [0.05, 0.1) is 10.6 Å². The van der Waals surface area contributed by atoms with Crippen LogP contribution in [0.25, 0.3) is 6.08 Å². The zero-order valence-electron chi connectivity index (χ0n) is 15.3. The Morgan fingerprint density at radius 3 is 1.97 bits per heavy atom. The first-order chi connectivity index (χ1) is 14.2. The van der Waals surface area contributed by atoms with E-state index in [0.29, 0.717) is 20.8 Å². The lowest BCUT2D eigenvalue weighted by atomic mass is 10.2. The summed E-state index contributed by atoms with van der Waals surface area (Å²) in [7, 11) is -3.85. The second-order valence-electron chi connectivity index (χ2n) is 6.16. The SMILES string of the molecule is O=C(/C=C/c1ccc(Cl)cc1)Nc1ccc(S(=O)(=O)Nc2cc(Cl)cc(Cl)c2)cc1. The van der Waals surface area contributed by atoms with Gasteiger partial charge in [0.25, 0.3) is 10.0 Å². The number of carbonyl (C=O) groups is 1. The van der Waals surface area contributed by atoms with Gasteiger partial charge in [0.15, 0.2) is 0 Å². The van der Waals surface area contributed by atoms with Crippen LogP contribution in [0.3, 0.4) is 0 Å². The molecule has 3 aromatic rings. The number of rotatable bonds is 6. The topological polar surface area (TPSA) is 75.3 Å². The molecule has 0 radical (unpaired) electrons. The van der Waals surface area contributed by atoms with Gasteiger partial charge in [-0.15, -0.1) is 0 Å². The van der Waals surface area contributed by atoms with E-state index in [-0.39, 0.29) is 16.5 Å². The lowest BCUT2D eigenvalue weighted by Crippen LogP contribution is -2.13. The second kappa shape index (κ2) is 9.53. The summed E-state index contributed by atoms with van der Waals surface area (Å²) in [5.41, 5.74) is 1.52. The number of benzene rings is 3. The fourth-order valence-electron chi connectivity index (χ4n) is 2.47. The molecule has 0 saturated carbocycles. The number of hydrogen-bond acceptors (Lipinski definition) is 3. The highest BCUT2D eigenvalue weighted by atomic mass is 35.5. The lowest BCUT2D eigenvalue weighted by molar-refractivity contribution is -0.111. The summed E-state index contributed by atoms with van der Waals surface area (Å²) < 4.78 is 27.5. The lowest BCUT2D eigenvalue weighted by Gasteiger charge is -2.10. The number of halogens is 3. The highest BCUT2D eigenvalue weighted by Gasteiger charge is 2.15. The Hall–Kier alpha value is -2.51. The van der Waals surface area contributed by atoms with Gasteiger partial charge >= 0.3 is 0 Å². The predicted molar refractivity (Wildman–Crippen MR) is 123 cm³/mol. The Morgan fingerprint density at radius 1 is 0.767 bits per heavy atom. The molecule has 1 amide bonds. The van der Waals surface area contributed by atoms with Gasteiger partial charge < -0.3 is 5.32 Å². The van der Waals surface area contributed by atoms with Gasteiger partial charge in [-0.25, -0.2) is 8.42 Å². The summed E-state index contributed by atoms with van der Waals surface area (Å²) >= 11 is 17.6. The Bertz CT molecular complexity index is 1170. The number of hydrogen-bond donors (Lipinski definition) is 2. The monoisotopic (exact) mass is 480 g/mol. The van der Waals surface area contributed by atoms with E-state index in [1.807, 2.05) is 0 Å². The third kappa shape index (κ3) is 6.24. The molecular formula is C21H15Cl3N2O3S. The van der Waals surface area contributed by atoms with Crippen LogP contribution in [0.5, 0.6) is 0 Å². The highest BCUT2D eigenvalue weighted by Crippen LogP contribution is 2.25. The highest BCUT2D eigenvalue weighted by molar-refractivity contribution is 7.92. The van der Waals surface area contributed by atoms with Crippen LogP contribution >= 0.6 is 34.8 Å². The van der Waals surface area contributed by atoms with Gasteiger partial charge in [-0.1, -0.05) is 46.9 Å². The fourth-order valence-corrected chi connectivity index (χ4v) is 4.17. The zero-order valence-corrected chi connectivity index (χ0v) is 18.4. The van der Waals surface area contributed by atoms with Crippen molar-refractivity contribution in [2.24, 2.45) is 0 Å². The van der Waals surface area contributed by atoms with Gasteiger partial charge in [-0.2, -0.15) is 0 Å². The van der Waals surface area contributed by atoms with Gasteiger partial charge in [0, 0.05) is 26.8 Å². The van der Waals surface area contributed by atoms with E-state index in [1.165, 1.54) is 48.5 Å². The Balaban J connectivity index is 1.66. The summed E-state index contributed by atoms with van der Waals surface area (Å²) in [4.78, 5) is 12.1. The minimum atomic E-state index is -3.85. The maximum absolute atomic E-state index is 12.5. The van der Waals surface area contributed by atoms with E-state index in [9.17, 15) is 13.2 Å². The summed E-state index contributed by atoms with van der Waals surface area (Å²) in [5.74, 6) is -0.354. The molecule has 0 aliphatic rings. The summed E-state index contributed by atoms with van der Waals surface area (Å²) in [6.45, 7) is 0. The van der Waals surface area contributed by atoms with E-state index in [0.717, 1.165) is 5.56 Å². The summed E-state index contributed by atoms with van der Waals surface area (Å²) in [6, 6.07) is 17.2. The maximum Gasteiger partial charge on any atom is 0.261 e. The number of anilines is 2. The first kappa shape index (κ1) is 22.2. The van der Waals surface area contributed by atoms with Gasteiger partial charge in [0.2, 0.25) is 5.91 Å². The quantitative estimate of drug-likeness (QED) is 0.418. The molecule has 0 spiro atoms. The molecule has 0 saturated heterocycles. The van der Waals surface area contributed by atoms with Crippen molar-refractivity contribution in [2.75, 3.05) is 10.0 Å². The van der Waals surface area contributed by atoms with Crippen molar-refractivity contribution >= 4 is 68.2 Å². The first-order valence-corrected chi connectivity index (χ1v) is 11.2. The number of amides is 1. The minimum absolute atomic E-state index is 0.0216. The number of sulfonamides is 1. The van der Waals surface area contributed by atoms with Gasteiger partial charge in [-0.3, -0.25) is 9.52 Å². The van der Waals surface area contributed by atoms with Crippen LogP contribution in [0.1, 0.15) is 5.56 Å². The van der Waals surface area contributed by atoms with E-state index < -0.39 is 10.0 Å². The molecule has 0 heterocycles. The van der Waals surface area contributed by atoms with Crippen LogP contribution in [0, 0.1) is 0 Å². The molecule has 0 aliphatic carbocycles. The van der Waals surface area contributed by atoms with Gasteiger partial charge in [-0.05, 0) is 66.2 Å². The normalized spacial score (nSPS) is 11.4. The number of carbonyl (C=O) groups excluding carboxylic acids is 1. The molecule has 5 nitrogen and oxygen atoms in total. The second-order valence-corrected chi connectivity index (χ2v) is 9.15. The first-order valence-electron chi connectivity index (χ1n) is 8.55. The van der Waals surface area contributed by atoms with Gasteiger partial charge in [0.1, 0.15) is 0 Å². The molecular weight excluding hydrogens is 467 g/mol. The van der Waals surface area contributed by atoms with Crippen molar-refractivity contribution in [1.29, 1.82) is 0 Å². The van der Waals surface area contributed by atoms with E-state index >= 15 is 0 Å². The van der Waals surface area contributed by atoms with Crippen LogP contribution in [-0.4, -0.2) is 14.3 Å². The van der Waals surface area contributed by atoms with Crippen LogP contribution in [-0.2, 0) is 14.8 Å². The molecule has 3 rings (SSSR count). The van der Waals surface area contributed by atoms with Crippen LogP contribution < -0.4 is 10.0 Å². The Labute approximate surface area is 189 Å². The Morgan fingerprint density at radius 2 is 1.37 bits per heavy atom. The molecule has 0 bridgehead atoms. The molecule has 0 fully saturated rings. The largest absolute Gasteiger partial charge is 0.323 e. The molecule has 30 heavy (non-hydrogen) atoms. The van der Waals surface area contributed by atoms with Crippen molar-refractivity contribution in [1.82, 2.24) is 0 Å². The van der Waals surface area contributed by atoms with Crippen LogP contribution in [0.2, 0.25) is 15.1 Å². The van der Waals surface area contributed by atoms with Crippen molar-refractivity contribution in [3.63, 3.8) is 0 Å². The van der Waals surface area contributed by atoms with Crippen molar-refractivity contribution in [3.05, 3.63) is 93.4 Å². The van der Waals surface area contributed by atoms with Crippen molar-refractivity contribution in [3.8, 4) is 0 Å². The third-order valence-corrected chi connectivity index (χ3v) is 5.93.